The third kappa shape index (κ3) is 5.43. The lowest BCUT2D eigenvalue weighted by Gasteiger charge is -2.62. The predicted octanol–water partition coefficient (Wildman–Crippen LogP) is 2.32. The normalized spacial score (nSPS) is 34.3. The molecule has 2 bridgehead atoms. The Morgan fingerprint density at radius 2 is 2.06 bits per heavy atom. The van der Waals surface area contributed by atoms with Crippen LogP contribution >= 0.6 is 0 Å². The molecule has 36 heavy (non-hydrogen) atoms. The minimum Gasteiger partial charge on any atom is -0.394 e. The van der Waals surface area contributed by atoms with Crippen molar-refractivity contribution < 1.29 is 19.8 Å². The second kappa shape index (κ2) is 11.0. The molecule has 0 unspecified atom stereocenters. The first kappa shape index (κ1) is 27.3. The molecule has 1 aromatic rings. The van der Waals surface area contributed by atoms with Gasteiger partial charge in [0, 0.05) is 30.7 Å². The van der Waals surface area contributed by atoms with Gasteiger partial charge in [-0.15, -0.1) is 0 Å². The van der Waals surface area contributed by atoms with Crippen LogP contribution in [0, 0.1) is 29.1 Å². The van der Waals surface area contributed by atoms with E-state index < -0.39 is 24.2 Å². The summed E-state index contributed by atoms with van der Waals surface area (Å²) in [5.74, 6) is 1.04. The Bertz CT molecular complexity index is 907. The second-order valence-corrected chi connectivity index (χ2v) is 12.2. The highest BCUT2D eigenvalue weighted by atomic mass is 16.7. The van der Waals surface area contributed by atoms with E-state index in [2.05, 4.69) is 42.4 Å². The molecular formula is C28H46N4O4. The smallest absolute Gasteiger partial charge is 0.240 e. The lowest BCUT2D eigenvalue weighted by molar-refractivity contribution is -0.183. The van der Waals surface area contributed by atoms with Gasteiger partial charge in [-0.2, -0.15) is 5.06 Å². The van der Waals surface area contributed by atoms with Gasteiger partial charge in [-0.3, -0.25) is 9.63 Å². The maximum Gasteiger partial charge on any atom is 0.240 e. The summed E-state index contributed by atoms with van der Waals surface area (Å²) in [7, 11) is 4.09. The van der Waals surface area contributed by atoms with Crippen molar-refractivity contribution >= 4 is 11.6 Å². The number of nitrogens with zero attached hydrogens (tertiary/aromatic N) is 2. The van der Waals surface area contributed by atoms with Gasteiger partial charge in [-0.05, 0) is 74.7 Å². The summed E-state index contributed by atoms with van der Waals surface area (Å²) >= 11 is 0. The van der Waals surface area contributed by atoms with Gasteiger partial charge >= 0.3 is 0 Å². The van der Waals surface area contributed by atoms with Gasteiger partial charge in [0.1, 0.15) is 12.1 Å². The largest absolute Gasteiger partial charge is 0.394 e. The molecule has 202 valence electrons. The standard InChI is InChI=1S/C28H46N4O4/c1-17-22-13-20(28(22,3)4)14-23(17)30-27(35)26-25(18(2)34)24(16-33)36-32(26)15-19-8-7-9-21(12-19)29-10-11-31(5)6/h7-9,12,17-18,20,22-26,29,33-34H,10-11,13-16H2,1-6H3,(H,30,35)/t17-,18-,20-,22+,23-,24-,25+,26-/m0/s1. The van der Waals surface area contributed by atoms with Crippen LogP contribution in [0.5, 0.6) is 0 Å². The van der Waals surface area contributed by atoms with Crippen LogP contribution in [0.25, 0.3) is 0 Å². The van der Waals surface area contributed by atoms with E-state index in [0.717, 1.165) is 30.8 Å². The average Bonchev–Trinajstić information content (AvgIpc) is 3.18. The maximum atomic E-state index is 13.7. The lowest BCUT2D eigenvalue weighted by Crippen LogP contribution is -2.62. The Balaban J connectivity index is 1.48. The summed E-state index contributed by atoms with van der Waals surface area (Å²) < 4.78 is 0. The average molecular weight is 503 g/mol. The molecule has 8 nitrogen and oxygen atoms in total. The van der Waals surface area contributed by atoms with Crippen LogP contribution in [0.2, 0.25) is 0 Å². The number of anilines is 1. The minimum atomic E-state index is -0.793. The van der Waals surface area contributed by atoms with E-state index in [1.165, 1.54) is 6.42 Å². The van der Waals surface area contributed by atoms with Crippen LogP contribution in [0.3, 0.4) is 0 Å². The van der Waals surface area contributed by atoms with E-state index in [9.17, 15) is 15.0 Å². The highest BCUT2D eigenvalue weighted by molar-refractivity contribution is 5.82. The Kier molecular flexibility index (Phi) is 8.32. The molecule has 1 heterocycles. The zero-order chi connectivity index (χ0) is 26.2. The van der Waals surface area contributed by atoms with Gasteiger partial charge in [-0.25, -0.2) is 0 Å². The fourth-order valence-electron chi connectivity index (χ4n) is 6.87. The third-order valence-corrected chi connectivity index (χ3v) is 9.22. The van der Waals surface area contributed by atoms with E-state index in [1.807, 2.05) is 32.3 Å². The number of hydroxylamine groups is 2. The number of fused-ring (bicyclic) bond motifs is 2. The van der Waals surface area contributed by atoms with Gasteiger partial charge in [0.05, 0.1) is 19.3 Å². The molecule has 0 aromatic heterocycles. The zero-order valence-corrected chi connectivity index (χ0v) is 22.8. The Morgan fingerprint density at radius 1 is 1.31 bits per heavy atom. The topological polar surface area (TPSA) is 97.3 Å². The quantitative estimate of drug-likeness (QED) is 0.390. The highest BCUT2D eigenvalue weighted by Gasteiger charge is 2.57. The number of benzene rings is 1. The molecule has 1 amide bonds. The van der Waals surface area contributed by atoms with Gasteiger partial charge < -0.3 is 25.7 Å². The van der Waals surface area contributed by atoms with Crippen molar-refractivity contribution in [1.29, 1.82) is 0 Å². The number of aliphatic hydroxyl groups excluding tert-OH is 2. The zero-order valence-electron chi connectivity index (χ0n) is 22.8. The molecule has 0 spiro atoms. The molecule has 1 aliphatic heterocycles. The first-order valence-electron chi connectivity index (χ1n) is 13.5. The fraction of sp³-hybridized carbons (Fsp3) is 0.750. The van der Waals surface area contributed by atoms with Gasteiger partial charge in [0.2, 0.25) is 5.91 Å². The van der Waals surface area contributed by atoms with E-state index in [-0.39, 0.29) is 18.6 Å². The van der Waals surface area contributed by atoms with E-state index >= 15 is 0 Å². The van der Waals surface area contributed by atoms with Crippen LogP contribution in [0.15, 0.2) is 24.3 Å². The van der Waals surface area contributed by atoms with Crippen molar-refractivity contribution in [2.24, 2.45) is 29.1 Å². The SMILES string of the molecule is C[C@@H]1[C@@H](NC(=O)[C@@H]2[C@H]([C@H](C)O)[C@H](CO)ON2Cc2cccc(NCCN(C)C)c2)C[C@@H]2C[C@H]1C2(C)C. The number of amides is 1. The molecule has 8 atom stereocenters. The van der Waals surface area contributed by atoms with Gasteiger partial charge in [-0.1, -0.05) is 32.9 Å². The molecule has 1 aromatic carbocycles. The number of aliphatic hydroxyl groups is 2. The van der Waals surface area contributed by atoms with E-state index in [4.69, 9.17) is 4.84 Å². The molecule has 3 saturated carbocycles. The highest BCUT2D eigenvalue weighted by Crippen LogP contribution is 2.61. The fourth-order valence-corrected chi connectivity index (χ4v) is 6.87. The summed E-state index contributed by atoms with van der Waals surface area (Å²) in [4.78, 5) is 22.0. The first-order valence-corrected chi connectivity index (χ1v) is 13.5. The lowest BCUT2D eigenvalue weighted by atomic mass is 9.45. The second-order valence-electron chi connectivity index (χ2n) is 12.2. The number of rotatable bonds is 10. The van der Waals surface area contributed by atoms with Crippen LogP contribution in [0.4, 0.5) is 5.69 Å². The van der Waals surface area contributed by atoms with Gasteiger partial charge in [0.25, 0.3) is 0 Å². The number of likely N-dealkylation sites (N-methyl/N-ethyl adjacent to an activating group) is 1. The summed E-state index contributed by atoms with van der Waals surface area (Å²) in [6.07, 6.45) is 0.824. The van der Waals surface area contributed by atoms with Crippen molar-refractivity contribution in [3.8, 4) is 0 Å². The van der Waals surface area contributed by atoms with Crippen molar-refractivity contribution in [3.63, 3.8) is 0 Å². The molecule has 0 radical (unpaired) electrons. The molecule has 1 saturated heterocycles. The monoisotopic (exact) mass is 502 g/mol. The number of carbonyl (C=O) groups is 1. The van der Waals surface area contributed by atoms with Crippen LogP contribution < -0.4 is 10.6 Å². The third-order valence-electron chi connectivity index (χ3n) is 9.22. The molecule has 3 aliphatic carbocycles. The van der Waals surface area contributed by atoms with Crippen LogP contribution in [-0.4, -0.2) is 84.2 Å². The molecule has 4 aliphatic rings. The van der Waals surface area contributed by atoms with Crippen molar-refractivity contribution in [3.05, 3.63) is 29.8 Å². The van der Waals surface area contributed by atoms with Crippen molar-refractivity contribution in [2.75, 3.05) is 39.1 Å². The molecule has 5 rings (SSSR count). The molecule has 8 heteroatoms. The van der Waals surface area contributed by atoms with E-state index in [0.29, 0.717) is 29.7 Å². The summed E-state index contributed by atoms with van der Waals surface area (Å²) in [6.45, 7) is 10.5. The maximum absolute atomic E-state index is 13.7. The number of hydrogen-bond donors (Lipinski definition) is 4. The number of carbonyl (C=O) groups excluding carboxylic acids is 1. The predicted molar refractivity (Wildman–Crippen MR) is 141 cm³/mol. The van der Waals surface area contributed by atoms with Gasteiger partial charge in [0.15, 0.2) is 0 Å². The van der Waals surface area contributed by atoms with Crippen molar-refractivity contribution in [2.45, 2.75) is 71.4 Å². The van der Waals surface area contributed by atoms with Crippen LogP contribution in [-0.2, 0) is 16.2 Å². The molecule has 4 N–H and O–H groups in total. The first-order chi connectivity index (χ1) is 17.0. The summed E-state index contributed by atoms with van der Waals surface area (Å²) in [6, 6.07) is 7.55. The Hall–Kier alpha value is -1.71. The molecular weight excluding hydrogens is 456 g/mol. The minimum absolute atomic E-state index is 0.118. The summed E-state index contributed by atoms with van der Waals surface area (Å²) in [5, 5.41) is 29.1. The number of nitrogens with one attached hydrogen (secondary N) is 2. The Morgan fingerprint density at radius 3 is 2.67 bits per heavy atom. The number of hydrogen-bond acceptors (Lipinski definition) is 7. The molecule has 4 fully saturated rings. The Labute approximate surface area is 216 Å². The summed E-state index contributed by atoms with van der Waals surface area (Å²) in [5.41, 5.74) is 2.36. The van der Waals surface area contributed by atoms with Crippen molar-refractivity contribution in [1.82, 2.24) is 15.3 Å². The van der Waals surface area contributed by atoms with E-state index in [1.54, 1.807) is 12.0 Å². The van der Waals surface area contributed by atoms with Crippen LogP contribution in [0.1, 0.15) is 46.1 Å².